The van der Waals surface area contributed by atoms with Gasteiger partial charge in [-0.1, -0.05) is 16.8 Å². The molecule has 1 aromatic carbocycles. The van der Waals surface area contributed by atoms with E-state index in [2.05, 4.69) is 14.8 Å². The number of fused-ring (bicyclic) bond motifs is 1. The molecule has 3 aliphatic rings. The van der Waals surface area contributed by atoms with Gasteiger partial charge >= 0.3 is 0 Å². The standard InChI is InChI=1S/C29H37ClN6O7S3/c1-19-28(20(2)43-31-19)46(41,42)35-13-11-33(12-14-35)17-23-5-3-10-36(23)26(37)18-34-9-4-6-24(29(34)38)32-45(39,40)27-16-21-15-22(30)7-8-25(21)44-27/h7-8,15-16,23-24,32H,3-6,9-14,17-18H2,1-2H3. The normalized spacial score (nSPS) is 22.3. The van der Waals surface area contributed by atoms with E-state index in [1.165, 1.54) is 9.21 Å². The molecule has 0 aliphatic carbocycles. The van der Waals surface area contributed by atoms with Gasteiger partial charge in [0.25, 0.3) is 10.0 Å². The number of piperazine rings is 1. The Balaban J connectivity index is 1.03. The summed E-state index contributed by atoms with van der Waals surface area (Å²) in [4.78, 5) is 32.4. The van der Waals surface area contributed by atoms with Crippen LogP contribution in [0, 0.1) is 13.8 Å². The minimum atomic E-state index is -3.96. The van der Waals surface area contributed by atoms with Crippen molar-refractivity contribution in [2.45, 2.75) is 60.7 Å². The summed E-state index contributed by atoms with van der Waals surface area (Å²) in [5.74, 6) is -0.294. The molecule has 0 spiro atoms. The lowest BCUT2D eigenvalue weighted by molar-refractivity contribution is -0.143. The Morgan fingerprint density at radius 1 is 1.04 bits per heavy atom. The molecule has 0 radical (unpaired) electrons. The Hall–Kier alpha value is -2.60. The predicted octanol–water partition coefficient (Wildman–Crippen LogP) is 2.43. The summed E-state index contributed by atoms with van der Waals surface area (Å²) in [6, 6.07) is 5.71. The number of hydrogen-bond donors (Lipinski definition) is 1. The van der Waals surface area contributed by atoms with Crippen LogP contribution in [0.25, 0.3) is 10.1 Å². The van der Waals surface area contributed by atoms with Crippen molar-refractivity contribution < 1.29 is 30.9 Å². The van der Waals surface area contributed by atoms with Crippen LogP contribution in [0.1, 0.15) is 37.1 Å². The molecule has 3 saturated heterocycles. The lowest BCUT2D eigenvalue weighted by Crippen LogP contribution is -2.56. The van der Waals surface area contributed by atoms with Crippen LogP contribution < -0.4 is 4.72 Å². The van der Waals surface area contributed by atoms with Gasteiger partial charge < -0.3 is 14.3 Å². The summed E-state index contributed by atoms with van der Waals surface area (Å²) in [7, 11) is -7.68. The molecule has 0 saturated carbocycles. The molecule has 3 aliphatic heterocycles. The Morgan fingerprint density at radius 3 is 2.50 bits per heavy atom. The lowest BCUT2D eigenvalue weighted by atomic mass is 10.1. The number of nitrogens with zero attached hydrogens (tertiary/aromatic N) is 5. The van der Waals surface area contributed by atoms with Gasteiger partial charge in [0.15, 0.2) is 5.76 Å². The van der Waals surface area contributed by atoms with E-state index >= 15 is 0 Å². The minimum Gasteiger partial charge on any atom is -0.360 e. The van der Waals surface area contributed by atoms with Crippen LogP contribution in [-0.2, 0) is 29.6 Å². The van der Waals surface area contributed by atoms with Crippen molar-refractivity contribution in [2.24, 2.45) is 0 Å². The van der Waals surface area contributed by atoms with Gasteiger partial charge in [-0.2, -0.15) is 9.03 Å². The zero-order valence-electron chi connectivity index (χ0n) is 25.6. The Morgan fingerprint density at radius 2 is 1.78 bits per heavy atom. The Labute approximate surface area is 277 Å². The number of benzene rings is 1. The first-order valence-corrected chi connectivity index (χ1v) is 19.4. The fraction of sp³-hybridized carbons (Fsp3) is 0.552. The highest BCUT2D eigenvalue weighted by molar-refractivity contribution is 7.91. The average molecular weight is 713 g/mol. The molecule has 2 amide bonds. The first-order valence-electron chi connectivity index (χ1n) is 15.3. The van der Waals surface area contributed by atoms with Crippen LogP contribution in [0.2, 0.25) is 5.02 Å². The first kappa shape index (κ1) is 33.3. The second-order valence-electron chi connectivity index (χ2n) is 12.1. The Bertz CT molecular complexity index is 1830. The SMILES string of the molecule is Cc1noc(C)c1S(=O)(=O)N1CCN(CC2CCCN2C(=O)CN2CCCC(NS(=O)(=O)c3cc4cc(Cl)ccc4s3)C2=O)CC1. The van der Waals surface area contributed by atoms with E-state index in [1.807, 2.05) is 4.90 Å². The van der Waals surface area contributed by atoms with Gasteiger partial charge in [0.2, 0.25) is 21.8 Å². The highest BCUT2D eigenvalue weighted by Crippen LogP contribution is 2.31. The molecule has 2 aromatic heterocycles. The van der Waals surface area contributed by atoms with Gasteiger partial charge in [-0.15, -0.1) is 11.3 Å². The number of carbonyl (C=O) groups is 2. The molecule has 13 nitrogen and oxygen atoms in total. The van der Waals surface area contributed by atoms with E-state index in [0.29, 0.717) is 74.8 Å². The maximum Gasteiger partial charge on any atom is 0.250 e. The highest BCUT2D eigenvalue weighted by atomic mass is 35.5. The van der Waals surface area contributed by atoms with Crippen molar-refractivity contribution in [1.29, 1.82) is 0 Å². The van der Waals surface area contributed by atoms with Crippen LogP contribution in [0.4, 0.5) is 0 Å². The second-order valence-corrected chi connectivity index (χ2v) is 17.4. The van der Waals surface area contributed by atoms with Gasteiger partial charge in [0.1, 0.15) is 20.8 Å². The number of carbonyl (C=O) groups excluding carboxylic acids is 2. The predicted molar refractivity (Wildman–Crippen MR) is 173 cm³/mol. The number of aromatic nitrogens is 1. The molecule has 5 heterocycles. The van der Waals surface area contributed by atoms with Crippen molar-refractivity contribution in [2.75, 3.05) is 52.4 Å². The number of amides is 2. The molecular weight excluding hydrogens is 676 g/mol. The molecule has 2 unspecified atom stereocenters. The summed E-state index contributed by atoms with van der Waals surface area (Å²) in [5, 5.41) is 5.01. The first-order chi connectivity index (χ1) is 21.8. The lowest BCUT2D eigenvalue weighted by Gasteiger charge is -2.37. The van der Waals surface area contributed by atoms with Gasteiger partial charge in [-0.05, 0) is 69.2 Å². The van der Waals surface area contributed by atoms with Crippen LogP contribution in [0.5, 0.6) is 0 Å². The summed E-state index contributed by atoms with van der Waals surface area (Å²) >= 11 is 7.16. The van der Waals surface area contributed by atoms with E-state index in [-0.39, 0.29) is 33.4 Å². The van der Waals surface area contributed by atoms with Crippen LogP contribution in [-0.4, -0.2) is 117 Å². The number of sulfonamides is 2. The summed E-state index contributed by atoms with van der Waals surface area (Å²) in [5.41, 5.74) is 0.345. The van der Waals surface area contributed by atoms with E-state index in [4.69, 9.17) is 16.1 Å². The number of thiophene rings is 1. The minimum absolute atomic E-state index is 0.0473. The van der Waals surface area contributed by atoms with Crippen molar-refractivity contribution in [3.8, 4) is 0 Å². The smallest absolute Gasteiger partial charge is 0.250 e. The molecular formula is C29H37ClN6O7S3. The van der Waals surface area contributed by atoms with Gasteiger partial charge in [-0.25, -0.2) is 16.8 Å². The maximum atomic E-state index is 13.5. The number of likely N-dealkylation sites (tertiary alicyclic amines) is 2. The summed E-state index contributed by atoms with van der Waals surface area (Å²) in [6.07, 6.45) is 2.58. The molecule has 3 fully saturated rings. The molecule has 1 N–H and O–H groups in total. The second kappa shape index (κ2) is 13.1. The molecule has 17 heteroatoms. The number of halogens is 1. The van der Waals surface area contributed by atoms with Crippen LogP contribution >= 0.6 is 22.9 Å². The van der Waals surface area contributed by atoms with Gasteiger partial charge in [-0.3, -0.25) is 14.5 Å². The summed E-state index contributed by atoms with van der Waals surface area (Å²) < 4.78 is 62.8. The third-order valence-electron chi connectivity index (χ3n) is 8.94. The highest BCUT2D eigenvalue weighted by Gasteiger charge is 2.38. The molecule has 6 rings (SSSR count). The van der Waals surface area contributed by atoms with E-state index in [0.717, 1.165) is 28.9 Å². The average Bonchev–Trinajstić information content (AvgIpc) is 3.74. The molecule has 3 aromatic rings. The number of rotatable bonds is 9. The fourth-order valence-electron chi connectivity index (χ4n) is 6.60. The topological polar surface area (TPSA) is 153 Å². The van der Waals surface area contributed by atoms with E-state index in [9.17, 15) is 26.4 Å². The molecule has 0 bridgehead atoms. The van der Waals surface area contributed by atoms with Crippen molar-refractivity contribution in [3.05, 3.63) is 40.7 Å². The number of nitrogens with one attached hydrogen (secondary N) is 1. The number of hydrogen-bond acceptors (Lipinski definition) is 10. The molecule has 46 heavy (non-hydrogen) atoms. The monoisotopic (exact) mass is 712 g/mol. The van der Waals surface area contributed by atoms with Gasteiger partial charge in [0.05, 0.1) is 6.54 Å². The number of aryl methyl sites for hydroxylation is 2. The van der Waals surface area contributed by atoms with E-state index in [1.54, 1.807) is 38.1 Å². The van der Waals surface area contributed by atoms with Gasteiger partial charge in [0, 0.05) is 61.6 Å². The number of piperidine rings is 1. The largest absolute Gasteiger partial charge is 0.360 e. The molecule has 250 valence electrons. The maximum absolute atomic E-state index is 13.5. The van der Waals surface area contributed by atoms with Crippen LogP contribution in [0.15, 0.2) is 37.9 Å². The fourth-order valence-corrected chi connectivity index (χ4v) is 11.1. The Kier molecular flexibility index (Phi) is 9.51. The van der Waals surface area contributed by atoms with E-state index < -0.39 is 32.0 Å². The van der Waals surface area contributed by atoms with Crippen molar-refractivity contribution in [3.63, 3.8) is 0 Å². The van der Waals surface area contributed by atoms with Crippen molar-refractivity contribution in [1.82, 2.24) is 28.9 Å². The molecule has 2 atom stereocenters. The third kappa shape index (κ3) is 6.70. The summed E-state index contributed by atoms with van der Waals surface area (Å²) in [6.45, 7) is 6.37. The quantitative estimate of drug-likeness (QED) is 0.353. The van der Waals surface area contributed by atoms with Crippen LogP contribution in [0.3, 0.4) is 0 Å². The zero-order valence-corrected chi connectivity index (χ0v) is 28.9. The third-order valence-corrected chi connectivity index (χ3v) is 14.4. The van der Waals surface area contributed by atoms with Crippen molar-refractivity contribution >= 4 is 64.9 Å². The zero-order chi connectivity index (χ0) is 32.8.